The van der Waals surface area contributed by atoms with Gasteiger partial charge in [0.05, 0.1) is 18.2 Å². The van der Waals surface area contributed by atoms with Gasteiger partial charge in [-0.3, -0.25) is 4.79 Å². The van der Waals surface area contributed by atoms with Gasteiger partial charge >= 0.3 is 0 Å². The van der Waals surface area contributed by atoms with Crippen LogP contribution in [0.1, 0.15) is 28.3 Å². The minimum Gasteiger partial charge on any atom is -0.494 e. The lowest BCUT2D eigenvalue weighted by molar-refractivity contribution is -0.121. The average Bonchev–Trinajstić information content (AvgIpc) is 2.91. The van der Waals surface area contributed by atoms with Crippen molar-refractivity contribution in [3.8, 4) is 5.75 Å². The Bertz CT molecular complexity index is 643. The Morgan fingerprint density at radius 2 is 2.23 bits per heavy atom. The highest BCUT2D eigenvalue weighted by atomic mass is 35.5. The minimum atomic E-state index is 0.0296. The van der Waals surface area contributed by atoms with Gasteiger partial charge in [0.15, 0.2) is 0 Å². The third kappa shape index (κ3) is 5.31. The van der Waals surface area contributed by atoms with Crippen molar-refractivity contribution in [1.29, 1.82) is 0 Å². The summed E-state index contributed by atoms with van der Waals surface area (Å²) in [6.07, 6.45) is 2.92. The molecule has 0 radical (unpaired) electrons. The van der Waals surface area contributed by atoms with Crippen molar-refractivity contribution in [3.63, 3.8) is 0 Å². The van der Waals surface area contributed by atoms with Gasteiger partial charge in [-0.15, -0.1) is 11.3 Å². The number of aromatic nitrogens is 1. The van der Waals surface area contributed by atoms with Gasteiger partial charge in [-0.1, -0.05) is 11.6 Å². The molecule has 0 aliphatic rings. The number of rotatable bonds is 7. The summed E-state index contributed by atoms with van der Waals surface area (Å²) < 4.78 is 5.61. The Morgan fingerprint density at radius 1 is 1.41 bits per heavy atom. The maximum absolute atomic E-state index is 11.7. The van der Waals surface area contributed by atoms with Crippen LogP contribution in [0.4, 0.5) is 0 Å². The van der Waals surface area contributed by atoms with Crippen LogP contribution in [0.3, 0.4) is 0 Å². The largest absolute Gasteiger partial charge is 0.494 e. The average molecular weight is 339 g/mol. The van der Waals surface area contributed by atoms with Crippen molar-refractivity contribution in [1.82, 2.24) is 10.3 Å². The predicted octanol–water partition coefficient (Wildman–Crippen LogP) is 3.89. The topological polar surface area (TPSA) is 51.2 Å². The fourth-order valence-corrected chi connectivity index (χ4v) is 2.74. The van der Waals surface area contributed by atoms with E-state index in [9.17, 15) is 4.79 Å². The number of hydrogen-bond acceptors (Lipinski definition) is 4. The normalized spacial score (nSPS) is 10.5. The van der Waals surface area contributed by atoms with Crippen LogP contribution in [0.2, 0.25) is 5.02 Å². The molecule has 1 aromatic carbocycles. The van der Waals surface area contributed by atoms with Crippen molar-refractivity contribution in [2.75, 3.05) is 6.61 Å². The molecule has 1 aromatic heterocycles. The Morgan fingerprint density at radius 3 is 2.91 bits per heavy atom. The summed E-state index contributed by atoms with van der Waals surface area (Å²) in [7, 11) is 0. The highest BCUT2D eigenvalue weighted by molar-refractivity contribution is 7.11. The molecule has 0 aliphatic carbocycles. The van der Waals surface area contributed by atoms with Crippen molar-refractivity contribution in [3.05, 3.63) is 44.9 Å². The van der Waals surface area contributed by atoms with Crippen LogP contribution in [0.15, 0.2) is 24.4 Å². The van der Waals surface area contributed by atoms with Gasteiger partial charge in [0.2, 0.25) is 5.91 Å². The second-order valence-electron chi connectivity index (χ2n) is 4.99. The molecule has 2 rings (SSSR count). The first-order valence-electron chi connectivity index (χ1n) is 7.11. The number of carbonyl (C=O) groups excluding carboxylic acids is 1. The Hall–Kier alpha value is -1.59. The maximum Gasteiger partial charge on any atom is 0.220 e. The standard InChI is InChI=1S/C16H19ClN2O2S/c1-11-8-13(5-6-15(11)17)21-7-3-4-16(20)19-10-14-9-18-12(2)22-14/h5-6,8-9H,3-4,7,10H2,1-2H3,(H,19,20). The summed E-state index contributed by atoms with van der Waals surface area (Å²) in [4.78, 5) is 17.0. The summed E-state index contributed by atoms with van der Waals surface area (Å²) in [6, 6.07) is 5.55. The third-order valence-corrected chi connectivity index (χ3v) is 4.41. The fraction of sp³-hybridized carbons (Fsp3) is 0.375. The van der Waals surface area contributed by atoms with Gasteiger partial charge in [0, 0.05) is 22.5 Å². The van der Waals surface area contributed by atoms with Crippen LogP contribution in [0.5, 0.6) is 5.75 Å². The number of ether oxygens (including phenoxy) is 1. The van der Waals surface area contributed by atoms with Crippen molar-refractivity contribution < 1.29 is 9.53 Å². The van der Waals surface area contributed by atoms with Gasteiger partial charge in [-0.2, -0.15) is 0 Å². The van der Waals surface area contributed by atoms with Gasteiger partial charge < -0.3 is 10.1 Å². The van der Waals surface area contributed by atoms with Crippen LogP contribution >= 0.6 is 22.9 Å². The van der Waals surface area contributed by atoms with E-state index in [0.29, 0.717) is 26.0 Å². The van der Waals surface area contributed by atoms with Crippen molar-refractivity contribution in [2.24, 2.45) is 0 Å². The SMILES string of the molecule is Cc1ncc(CNC(=O)CCCOc2ccc(Cl)c(C)c2)s1. The molecule has 1 heterocycles. The molecule has 0 saturated carbocycles. The fourth-order valence-electron chi connectivity index (χ4n) is 1.89. The Balaban J connectivity index is 1.63. The molecule has 6 heteroatoms. The van der Waals surface area contributed by atoms with E-state index in [2.05, 4.69) is 10.3 Å². The number of amides is 1. The molecule has 0 saturated heterocycles. The lowest BCUT2D eigenvalue weighted by atomic mass is 10.2. The summed E-state index contributed by atoms with van der Waals surface area (Å²) in [5.41, 5.74) is 0.983. The number of carbonyl (C=O) groups is 1. The molecular formula is C16H19ClN2O2S. The lowest BCUT2D eigenvalue weighted by Crippen LogP contribution is -2.22. The molecule has 0 spiro atoms. The molecular weight excluding hydrogens is 320 g/mol. The van der Waals surface area contributed by atoms with E-state index in [1.165, 1.54) is 0 Å². The van der Waals surface area contributed by atoms with Crippen molar-refractivity contribution in [2.45, 2.75) is 33.2 Å². The minimum absolute atomic E-state index is 0.0296. The maximum atomic E-state index is 11.7. The summed E-state index contributed by atoms with van der Waals surface area (Å²) in [5.74, 6) is 0.810. The number of aryl methyl sites for hydroxylation is 2. The van der Waals surface area contributed by atoms with Crippen LogP contribution in [0.25, 0.3) is 0 Å². The molecule has 1 N–H and O–H groups in total. The van der Waals surface area contributed by atoms with E-state index in [0.717, 1.165) is 26.2 Å². The third-order valence-electron chi connectivity index (χ3n) is 3.08. The zero-order chi connectivity index (χ0) is 15.9. The van der Waals surface area contributed by atoms with Crippen molar-refractivity contribution >= 4 is 28.8 Å². The molecule has 4 nitrogen and oxygen atoms in total. The van der Waals surface area contributed by atoms with E-state index in [1.54, 1.807) is 17.5 Å². The van der Waals surface area contributed by atoms with E-state index in [4.69, 9.17) is 16.3 Å². The van der Waals surface area contributed by atoms with E-state index in [-0.39, 0.29) is 5.91 Å². The van der Waals surface area contributed by atoms with Crippen LogP contribution in [-0.2, 0) is 11.3 Å². The second-order valence-corrected chi connectivity index (χ2v) is 6.71. The van der Waals surface area contributed by atoms with Gasteiger partial charge in [-0.05, 0) is 44.0 Å². The monoisotopic (exact) mass is 338 g/mol. The molecule has 0 bridgehead atoms. The van der Waals surface area contributed by atoms with Gasteiger partial charge in [0.1, 0.15) is 5.75 Å². The number of hydrogen-bond donors (Lipinski definition) is 1. The molecule has 2 aromatic rings. The van der Waals surface area contributed by atoms with Gasteiger partial charge in [0.25, 0.3) is 0 Å². The summed E-state index contributed by atoms with van der Waals surface area (Å²) >= 11 is 7.55. The van der Waals surface area contributed by atoms with Crippen LogP contribution in [-0.4, -0.2) is 17.5 Å². The first-order valence-corrected chi connectivity index (χ1v) is 8.31. The van der Waals surface area contributed by atoms with Crippen LogP contribution in [0, 0.1) is 13.8 Å². The van der Waals surface area contributed by atoms with E-state index >= 15 is 0 Å². The highest BCUT2D eigenvalue weighted by Gasteiger charge is 2.04. The first kappa shape index (κ1) is 16.8. The smallest absolute Gasteiger partial charge is 0.220 e. The summed E-state index contributed by atoms with van der Waals surface area (Å²) in [5, 5.41) is 4.62. The molecule has 0 unspecified atom stereocenters. The first-order chi connectivity index (χ1) is 10.5. The number of benzene rings is 1. The molecule has 118 valence electrons. The number of halogens is 1. The number of nitrogens with zero attached hydrogens (tertiary/aromatic N) is 1. The zero-order valence-corrected chi connectivity index (χ0v) is 14.3. The number of nitrogens with one attached hydrogen (secondary N) is 1. The van der Waals surface area contributed by atoms with Gasteiger partial charge in [-0.25, -0.2) is 4.98 Å². The second kappa shape index (κ2) is 8.15. The number of thiazole rings is 1. The molecule has 1 amide bonds. The Kier molecular flexibility index (Phi) is 6.21. The molecule has 22 heavy (non-hydrogen) atoms. The molecule has 0 atom stereocenters. The van der Waals surface area contributed by atoms with Crippen LogP contribution < -0.4 is 10.1 Å². The van der Waals surface area contributed by atoms with E-state index < -0.39 is 0 Å². The quantitative estimate of drug-likeness (QED) is 0.779. The molecule has 0 fully saturated rings. The van der Waals surface area contributed by atoms with E-state index in [1.807, 2.05) is 32.0 Å². The lowest BCUT2D eigenvalue weighted by Gasteiger charge is -2.08. The Labute approximate surface area is 139 Å². The molecule has 0 aliphatic heterocycles. The zero-order valence-electron chi connectivity index (χ0n) is 12.7. The predicted molar refractivity (Wildman–Crippen MR) is 89.6 cm³/mol. The highest BCUT2D eigenvalue weighted by Crippen LogP contribution is 2.21. The summed E-state index contributed by atoms with van der Waals surface area (Å²) in [6.45, 7) is 4.94.